The van der Waals surface area contributed by atoms with Gasteiger partial charge in [-0.2, -0.15) is 0 Å². The lowest BCUT2D eigenvalue weighted by Gasteiger charge is -2.19. The van der Waals surface area contributed by atoms with Gasteiger partial charge in [0.05, 0.1) is 12.3 Å². The molecule has 0 spiro atoms. The molecule has 0 bridgehead atoms. The van der Waals surface area contributed by atoms with Gasteiger partial charge in [-0.1, -0.05) is 29.8 Å². The predicted molar refractivity (Wildman–Crippen MR) is 61.8 cm³/mol. The van der Waals surface area contributed by atoms with E-state index in [2.05, 4.69) is 4.72 Å². The Labute approximate surface area is 104 Å². The van der Waals surface area contributed by atoms with Crippen LogP contribution in [-0.4, -0.2) is 20.6 Å². The van der Waals surface area contributed by atoms with Gasteiger partial charge in [0.25, 0.3) is 0 Å². The summed E-state index contributed by atoms with van der Waals surface area (Å²) in [7, 11) is -3.53. The molecule has 7 heteroatoms. The van der Waals surface area contributed by atoms with E-state index in [1.807, 2.05) is 0 Å². The summed E-state index contributed by atoms with van der Waals surface area (Å²) in [6.07, 6.45) is 0.475. The van der Waals surface area contributed by atoms with E-state index in [1.54, 1.807) is 24.3 Å². The van der Waals surface area contributed by atoms with E-state index in [0.29, 0.717) is 10.6 Å². The molecule has 0 unspecified atom stereocenters. The maximum atomic E-state index is 11.1. The molecule has 0 amide bonds. The minimum atomic E-state index is -3.53. The van der Waals surface area contributed by atoms with Crippen LogP contribution in [0.1, 0.15) is 18.0 Å². The molecule has 0 heterocycles. The Hall–Kier alpha value is -1.11. The van der Waals surface area contributed by atoms with Crippen LogP contribution in [0, 0.1) is 0 Å². The average Bonchev–Trinajstić information content (AvgIpc) is 2.14. The summed E-state index contributed by atoms with van der Waals surface area (Å²) in [6.45, 7) is 0. The topological polar surface area (TPSA) is 86.3 Å². The van der Waals surface area contributed by atoms with Crippen LogP contribution < -0.4 is 9.83 Å². The van der Waals surface area contributed by atoms with Crippen molar-refractivity contribution in [1.29, 1.82) is 0 Å². The summed E-state index contributed by atoms with van der Waals surface area (Å²) in [6, 6.07) is 5.51. The summed E-state index contributed by atoms with van der Waals surface area (Å²) in [5.41, 5.74) is 0.406. The van der Waals surface area contributed by atoms with Crippen molar-refractivity contribution < 1.29 is 18.3 Å². The van der Waals surface area contributed by atoms with Crippen molar-refractivity contribution in [2.24, 2.45) is 0 Å². The zero-order valence-corrected chi connectivity index (χ0v) is 10.6. The number of benzene rings is 1. The molecule has 0 aliphatic heterocycles. The summed E-state index contributed by atoms with van der Waals surface area (Å²) in [5, 5.41) is 10.9. The van der Waals surface area contributed by atoms with E-state index >= 15 is 0 Å². The maximum Gasteiger partial charge on any atom is 0.209 e. The highest BCUT2D eigenvalue weighted by Gasteiger charge is 2.18. The van der Waals surface area contributed by atoms with E-state index in [4.69, 9.17) is 11.6 Å². The fourth-order valence-electron chi connectivity index (χ4n) is 1.40. The minimum Gasteiger partial charge on any atom is -0.550 e. The second-order valence-electron chi connectivity index (χ2n) is 3.54. The van der Waals surface area contributed by atoms with Gasteiger partial charge >= 0.3 is 0 Å². The lowest BCUT2D eigenvalue weighted by Crippen LogP contribution is -2.33. The van der Waals surface area contributed by atoms with Gasteiger partial charge in [0.1, 0.15) is 0 Å². The molecular weight excluding hydrogens is 266 g/mol. The monoisotopic (exact) mass is 276 g/mol. The van der Waals surface area contributed by atoms with Crippen LogP contribution in [0.4, 0.5) is 0 Å². The number of rotatable bonds is 5. The number of halogens is 1. The number of hydrogen-bond acceptors (Lipinski definition) is 4. The van der Waals surface area contributed by atoms with Crippen LogP contribution in [0.2, 0.25) is 5.02 Å². The molecule has 0 aromatic heterocycles. The summed E-state index contributed by atoms with van der Waals surface area (Å²) >= 11 is 5.88. The standard InChI is InChI=1S/C10H12ClNO4S/c1-17(15,16)12-9(6-10(13)14)7-4-2-3-5-8(7)11/h2-5,9,12H,6H2,1H3,(H,13,14)/p-1/t9-/m1/s1. The molecule has 17 heavy (non-hydrogen) atoms. The third kappa shape index (κ3) is 4.72. The van der Waals surface area contributed by atoms with Gasteiger partial charge in [-0.15, -0.1) is 0 Å². The maximum absolute atomic E-state index is 11.1. The number of sulfonamides is 1. The minimum absolute atomic E-state index is 0.301. The quantitative estimate of drug-likeness (QED) is 0.825. The van der Waals surface area contributed by atoms with Crippen molar-refractivity contribution in [2.75, 3.05) is 6.26 Å². The lowest BCUT2D eigenvalue weighted by atomic mass is 10.1. The van der Waals surface area contributed by atoms with E-state index in [9.17, 15) is 18.3 Å². The molecule has 0 aliphatic carbocycles. The van der Waals surface area contributed by atoms with Gasteiger partial charge in [-0.05, 0) is 11.6 Å². The van der Waals surface area contributed by atoms with Crippen molar-refractivity contribution >= 4 is 27.6 Å². The Morgan fingerprint density at radius 2 is 2.06 bits per heavy atom. The lowest BCUT2D eigenvalue weighted by molar-refractivity contribution is -0.306. The van der Waals surface area contributed by atoms with E-state index in [-0.39, 0.29) is 0 Å². The number of carboxylic acids is 1. The van der Waals surface area contributed by atoms with Crippen LogP contribution in [0.25, 0.3) is 0 Å². The van der Waals surface area contributed by atoms with Crippen LogP contribution >= 0.6 is 11.6 Å². The van der Waals surface area contributed by atoms with Crippen LogP contribution in [0.3, 0.4) is 0 Å². The molecule has 94 valence electrons. The Morgan fingerprint density at radius 3 is 2.53 bits per heavy atom. The highest BCUT2D eigenvalue weighted by atomic mass is 35.5. The Bertz CT molecular complexity index is 515. The molecular formula is C10H11ClNO4S-. The van der Waals surface area contributed by atoms with Crippen molar-refractivity contribution in [1.82, 2.24) is 4.72 Å². The summed E-state index contributed by atoms with van der Waals surface area (Å²) in [4.78, 5) is 10.6. The van der Waals surface area contributed by atoms with Gasteiger partial charge in [-0.3, -0.25) is 0 Å². The largest absolute Gasteiger partial charge is 0.550 e. The molecule has 5 nitrogen and oxygen atoms in total. The van der Waals surface area contributed by atoms with Crippen molar-refractivity contribution in [3.63, 3.8) is 0 Å². The first kappa shape index (κ1) is 14.0. The number of nitrogens with one attached hydrogen (secondary N) is 1. The van der Waals surface area contributed by atoms with Gasteiger partial charge in [-0.25, -0.2) is 13.1 Å². The second-order valence-corrected chi connectivity index (χ2v) is 5.73. The molecule has 0 aliphatic rings. The Kier molecular flexibility index (Phi) is 4.50. The second kappa shape index (κ2) is 5.48. The normalized spacial score (nSPS) is 13.3. The SMILES string of the molecule is CS(=O)(=O)N[C@H](CC(=O)[O-])c1ccccc1Cl. The first-order chi connectivity index (χ1) is 7.79. The molecule has 0 radical (unpaired) electrons. The molecule has 1 N–H and O–H groups in total. The molecule has 1 aromatic rings. The Balaban J connectivity index is 3.06. The molecule has 0 saturated carbocycles. The smallest absolute Gasteiger partial charge is 0.209 e. The van der Waals surface area contributed by atoms with Gasteiger partial charge in [0.2, 0.25) is 10.0 Å². The molecule has 1 atom stereocenters. The number of hydrogen-bond donors (Lipinski definition) is 1. The number of aliphatic carboxylic acids is 1. The van der Waals surface area contributed by atoms with Gasteiger partial charge < -0.3 is 9.90 Å². The average molecular weight is 277 g/mol. The third-order valence-corrected chi connectivity index (χ3v) is 3.06. The van der Waals surface area contributed by atoms with Crippen molar-refractivity contribution in [2.45, 2.75) is 12.5 Å². The van der Waals surface area contributed by atoms with Gasteiger partial charge in [0, 0.05) is 17.4 Å². The fraction of sp³-hybridized carbons (Fsp3) is 0.300. The first-order valence-electron chi connectivity index (χ1n) is 4.71. The highest BCUT2D eigenvalue weighted by molar-refractivity contribution is 7.88. The van der Waals surface area contributed by atoms with Crippen molar-refractivity contribution in [3.8, 4) is 0 Å². The zero-order chi connectivity index (χ0) is 13.1. The van der Waals surface area contributed by atoms with Crippen LogP contribution in [0.15, 0.2) is 24.3 Å². The van der Waals surface area contributed by atoms with E-state index in [1.165, 1.54) is 0 Å². The zero-order valence-electron chi connectivity index (χ0n) is 9.01. The highest BCUT2D eigenvalue weighted by Crippen LogP contribution is 2.25. The molecule has 0 fully saturated rings. The van der Waals surface area contributed by atoms with Crippen LogP contribution in [-0.2, 0) is 14.8 Å². The third-order valence-electron chi connectivity index (χ3n) is 2.01. The summed E-state index contributed by atoms with van der Waals surface area (Å²) < 4.78 is 24.5. The van der Waals surface area contributed by atoms with E-state index in [0.717, 1.165) is 6.26 Å². The number of carbonyl (C=O) groups excluding carboxylic acids is 1. The molecule has 1 rings (SSSR count). The first-order valence-corrected chi connectivity index (χ1v) is 6.98. The predicted octanol–water partition coefficient (Wildman–Crippen LogP) is 0.0703. The molecule has 0 saturated heterocycles. The van der Waals surface area contributed by atoms with Gasteiger partial charge in [0.15, 0.2) is 0 Å². The number of carbonyl (C=O) groups is 1. The summed E-state index contributed by atoms with van der Waals surface area (Å²) in [5.74, 6) is -1.36. The molecule has 1 aromatic carbocycles. The van der Waals surface area contributed by atoms with E-state index < -0.39 is 28.5 Å². The van der Waals surface area contributed by atoms with Crippen molar-refractivity contribution in [3.05, 3.63) is 34.9 Å². The fourth-order valence-corrected chi connectivity index (χ4v) is 2.39. The number of carboxylic acid groups (broad SMARTS) is 1. The van der Waals surface area contributed by atoms with Crippen LogP contribution in [0.5, 0.6) is 0 Å². The Morgan fingerprint density at radius 1 is 1.47 bits per heavy atom.